The van der Waals surface area contributed by atoms with Crippen molar-refractivity contribution < 1.29 is 4.74 Å². The highest BCUT2D eigenvalue weighted by atomic mass is 127. The van der Waals surface area contributed by atoms with Crippen molar-refractivity contribution in [1.82, 2.24) is 10.6 Å². The minimum atomic E-state index is 0. The first-order chi connectivity index (χ1) is 10.7. The average Bonchev–Trinajstić information content (AvgIpc) is 3.03. The molecule has 23 heavy (non-hydrogen) atoms. The van der Waals surface area contributed by atoms with Crippen LogP contribution in [0.2, 0.25) is 0 Å². The van der Waals surface area contributed by atoms with E-state index in [9.17, 15) is 0 Å². The summed E-state index contributed by atoms with van der Waals surface area (Å²) in [5, 5.41) is 8.71. The lowest BCUT2D eigenvalue weighted by Gasteiger charge is -2.11. The van der Waals surface area contributed by atoms with Gasteiger partial charge in [-0.2, -0.15) is 0 Å². The lowest BCUT2D eigenvalue weighted by Crippen LogP contribution is -2.36. The minimum Gasteiger partial charge on any atom is -0.496 e. The molecular weight excluding hydrogens is 421 g/mol. The normalized spacial score (nSPS) is 10.8. The molecule has 126 valence electrons. The molecule has 0 bridgehead atoms. The topological polar surface area (TPSA) is 45.7 Å². The van der Waals surface area contributed by atoms with Crippen LogP contribution in [0.15, 0.2) is 40.7 Å². The van der Waals surface area contributed by atoms with Crippen molar-refractivity contribution in [2.24, 2.45) is 4.99 Å². The van der Waals surface area contributed by atoms with E-state index in [2.05, 4.69) is 52.2 Å². The van der Waals surface area contributed by atoms with Crippen LogP contribution >= 0.6 is 35.3 Å². The number of nitrogens with zero attached hydrogens (tertiary/aromatic N) is 1. The molecule has 0 saturated carbocycles. The fourth-order valence-electron chi connectivity index (χ4n) is 2.13. The van der Waals surface area contributed by atoms with E-state index in [1.165, 1.54) is 10.4 Å². The summed E-state index contributed by atoms with van der Waals surface area (Å²) in [6.07, 6.45) is 0. The molecule has 0 aliphatic heterocycles. The zero-order chi connectivity index (χ0) is 15.8. The number of hydrogen-bond acceptors (Lipinski definition) is 3. The molecule has 1 aromatic heterocycles. The van der Waals surface area contributed by atoms with Crippen LogP contribution in [-0.4, -0.2) is 19.6 Å². The molecule has 0 aliphatic carbocycles. The standard InChI is InChI=1S/C17H23N3OS.HI/c1-4-18-17(20-12-15-6-5-9-22-15)19-11-14-7-8-16(21-3)13(2)10-14;/h5-10H,4,11-12H2,1-3H3,(H2,18,19,20);1H. The minimum absolute atomic E-state index is 0. The Morgan fingerprint density at radius 1 is 1.26 bits per heavy atom. The van der Waals surface area contributed by atoms with Crippen molar-refractivity contribution in [1.29, 1.82) is 0 Å². The van der Waals surface area contributed by atoms with Gasteiger partial charge in [0.15, 0.2) is 5.96 Å². The first-order valence-electron chi connectivity index (χ1n) is 7.41. The van der Waals surface area contributed by atoms with Gasteiger partial charge in [0.05, 0.1) is 20.2 Å². The molecule has 0 aliphatic rings. The molecule has 1 heterocycles. The van der Waals surface area contributed by atoms with Gasteiger partial charge in [0.25, 0.3) is 0 Å². The van der Waals surface area contributed by atoms with E-state index < -0.39 is 0 Å². The number of ether oxygens (including phenoxy) is 1. The number of halogens is 1. The molecule has 0 unspecified atom stereocenters. The number of methoxy groups -OCH3 is 1. The Bertz CT molecular complexity index is 614. The second-order valence-electron chi connectivity index (χ2n) is 4.93. The van der Waals surface area contributed by atoms with E-state index in [0.29, 0.717) is 6.54 Å². The Balaban J connectivity index is 0.00000264. The van der Waals surface area contributed by atoms with Crippen molar-refractivity contribution in [3.8, 4) is 5.75 Å². The molecular formula is C17H24IN3OS. The molecule has 0 spiro atoms. The number of rotatable bonds is 6. The molecule has 0 radical (unpaired) electrons. The zero-order valence-corrected chi connectivity index (χ0v) is 16.9. The molecule has 4 nitrogen and oxygen atoms in total. The average molecular weight is 445 g/mol. The fraction of sp³-hybridized carbons (Fsp3) is 0.353. The smallest absolute Gasteiger partial charge is 0.191 e. The largest absolute Gasteiger partial charge is 0.496 e. The van der Waals surface area contributed by atoms with Crippen molar-refractivity contribution in [2.45, 2.75) is 26.9 Å². The van der Waals surface area contributed by atoms with Gasteiger partial charge in [-0.3, -0.25) is 0 Å². The van der Waals surface area contributed by atoms with Gasteiger partial charge in [0.1, 0.15) is 5.75 Å². The zero-order valence-electron chi connectivity index (χ0n) is 13.8. The Hall–Kier alpha value is -1.28. The van der Waals surface area contributed by atoms with Crippen LogP contribution in [0.4, 0.5) is 0 Å². The van der Waals surface area contributed by atoms with E-state index >= 15 is 0 Å². The first-order valence-corrected chi connectivity index (χ1v) is 8.29. The maximum Gasteiger partial charge on any atom is 0.191 e. The highest BCUT2D eigenvalue weighted by molar-refractivity contribution is 14.0. The number of aryl methyl sites for hydroxylation is 1. The lowest BCUT2D eigenvalue weighted by molar-refractivity contribution is 0.411. The summed E-state index contributed by atoms with van der Waals surface area (Å²) >= 11 is 1.74. The van der Waals surface area contributed by atoms with Crippen molar-refractivity contribution in [3.05, 3.63) is 51.7 Å². The Morgan fingerprint density at radius 3 is 2.70 bits per heavy atom. The number of benzene rings is 1. The summed E-state index contributed by atoms with van der Waals surface area (Å²) in [6, 6.07) is 10.3. The van der Waals surface area contributed by atoms with E-state index in [-0.39, 0.29) is 24.0 Å². The summed E-state index contributed by atoms with van der Waals surface area (Å²) in [4.78, 5) is 5.94. The summed E-state index contributed by atoms with van der Waals surface area (Å²) in [6.45, 7) is 6.40. The molecule has 2 N–H and O–H groups in total. The number of aliphatic imine (C=N–C) groups is 1. The van der Waals surface area contributed by atoms with Crippen LogP contribution < -0.4 is 15.4 Å². The quantitative estimate of drug-likeness (QED) is 0.402. The van der Waals surface area contributed by atoms with Gasteiger partial charge in [0.2, 0.25) is 0 Å². The van der Waals surface area contributed by atoms with Crippen molar-refractivity contribution in [2.75, 3.05) is 13.7 Å². The Morgan fingerprint density at radius 2 is 2.09 bits per heavy atom. The van der Waals surface area contributed by atoms with Gasteiger partial charge in [-0.1, -0.05) is 18.2 Å². The molecule has 6 heteroatoms. The van der Waals surface area contributed by atoms with Gasteiger partial charge in [-0.25, -0.2) is 4.99 Å². The van der Waals surface area contributed by atoms with Crippen LogP contribution in [0, 0.1) is 6.92 Å². The molecule has 0 atom stereocenters. The van der Waals surface area contributed by atoms with E-state index in [1.54, 1.807) is 18.4 Å². The molecule has 2 rings (SSSR count). The van der Waals surface area contributed by atoms with Crippen LogP contribution in [0.1, 0.15) is 22.9 Å². The molecule has 0 amide bonds. The van der Waals surface area contributed by atoms with Gasteiger partial charge >= 0.3 is 0 Å². The first kappa shape index (κ1) is 19.8. The lowest BCUT2D eigenvalue weighted by atomic mass is 10.1. The monoisotopic (exact) mass is 445 g/mol. The number of hydrogen-bond donors (Lipinski definition) is 2. The molecule has 0 fully saturated rings. The Labute approximate surface area is 159 Å². The summed E-state index contributed by atoms with van der Waals surface area (Å²) < 4.78 is 5.28. The van der Waals surface area contributed by atoms with E-state index in [1.807, 2.05) is 13.0 Å². The van der Waals surface area contributed by atoms with Gasteiger partial charge < -0.3 is 15.4 Å². The predicted octanol–water partition coefficient (Wildman–Crippen LogP) is 3.94. The fourth-order valence-corrected chi connectivity index (χ4v) is 2.78. The SMILES string of the molecule is CCNC(=NCc1ccc(OC)c(C)c1)NCc1cccs1.I. The van der Waals surface area contributed by atoms with Crippen molar-refractivity contribution in [3.63, 3.8) is 0 Å². The van der Waals surface area contributed by atoms with Gasteiger partial charge in [-0.05, 0) is 42.5 Å². The van der Waals surface area contributed by atoms with E-state index in [0.717, 1.165) is 30.4 Å². The van der Waals surface area contributed by atoms with Crippen LogP contribution in [-0.2, 0) is 13.1 Å². The number of nitrogens with one attached hydrogen (secondary N) is 2. The predicted molar refractivity (Wildman–Crippen MR) is 109 cm³/mol. The Kier molecular flexibility index (Phi) is 9.01. The molecule has 2 aromatic rings. The summed E-state index contributed by atoms with van der Waals surface area (Å²) in [5.41, 5.74) is 2.30. The number of thiophene rings is 1. The number of guanidine groups is 1. The van der Waals surface area contributed by atoms with E-state index in [4.69, 9.17) is 4.74 Å². The maximum atomic E-state index is 5.28. The summed E-state index contributed by atoms with van der Waals surface area (Å²) in [7, 11) is 1.69. The second kappa shape index (κ2) is 10.5. The third-order valence-corrected chi connectivity index (χ3v) is 4.11. The molecule has 1 aromatic carbocycles. The molecule has 0 saturated heterocycles. The van der Waals surface area contributed by atoms with Crippen LogP contribution in [0.3, 0.4) is 0 Å². The van der Waals surface area contributed by atoms with Crippen LogP contribution in [0.5, 0.6) is 5.75 Å². The highest BCUT2D eigenvalue weighted by Gasteiger charge is 2.02. The van der Waals surface area contributed by atoms with Crippen molar-refractivity contribution >= 4 is 41.3 Å². The van der Waals surface area contributed by atoms with Gasteiger partial charge in [0, 0.05) is 11.4 Å². The highest BCUT2D eigenvalue weighted by Crippen LogP contribution is 2.18. The van der Waals surface area contributed by atoms with Crippen LogP contribution in [0.25, 0.3) is 0 Å². The third-order valence-electron chi connectivity index (χ3n) is 3.23. The van der Waals surface area contributed by atoms with Gasteiger partial charge in [-0.15, -0.1) is 35.3 Å². The maximum absolute atomic E-state index is 5.28. The second-order valence-corrected chi connectivity index (χ2v) is 5.96. The third kappa shape index (κ3) is 6.39. The summed E-state index contributed by atoms with van der Waals surface area (Å²) in [5.74, 6) is 1.75.